The number of aromatic nitrogens is 3. The molecule has 9 heteroatoms. The van der Waals surface area contributed by atoms with E-state index in [0.29, 0.717) is 37.8 Å². The first-order valence-corrected chi connectivity index (χ1v) is 12.3. The van der Waals surface area contributed by atoms with Gasteiger partial charge in [0.05, 0.1) is 32.4 Å². The second-order valence-corrected chi connectivity index (χ2v) is 9.05. The van der Waals surface area contributed by atoms with Gasteiger partial charge in [-0.3, -0.25) is 4.79 Å². The van der Waals surface area contributed by atoms with E-state index in [1.807, 2.05) is 47.0 Å². The molecule has 0 unspecified atom stereocenters. The molecule has 9 nitrogen and oxygen atoms in total. The Morgan fingerprint density at radius 3 is 2.86 bits per heavy atom. The fourth-order valence-corrected chi connectivity index (χ4v) is 4.90. The first-order valence-electron chi connectivity index (χ1n) is 12.3. The van der Waals surface area contributed by atoms with E-state index in [-0.39, 0.29) is 18.6 Å². The lowest BCUT2D eigenvalue weighted by atomic mass is 9.97. The first-order chi connectivity index (χ1) is 17.2. The van der Waals surface area contributed by atoms with Gasteiger partial charge < -0.3 is 30.4 Å². The molecule has 0 spiro atoms. The Morgan fingerprint density at radius 2 is 2.00 bits per heavy atom. The van der Waals surface area contributed by atoms with Crippen molar-refractivity contribution in [3.05, 3.63) is 76.9 Å². The van der Waals surface area contributed by atoms with Crippen LogP contribution in [0.1, 0.15) is 57.9 Å². The summed E-state index contributed by atoms with van der Waals surface area (Å²) < 4.78 is 7.70. The molecule has 3 heterocycles. The van der Waals surface area contributed by atoms with Crippen LogP contribution in [0.25, 0.3) is 0 Å². The average molecular weight is 477 g/mol. The zero-order valence-electron chi connectivity index (χ0n) is 19.7. The Bertz CT molecular complexity index is 1160. The molecule has 35 heavy (non-hydrogen) atoms. The van der Waals surface area contributed by atoms with Crippen molar-refractivity contribution in [2.24, 2.45) is 0 Å². The molecule has 0 aliphatic carbocycles. The molecule has 1 amide bonds. The van der Waals surface area contributed by atoms with E-state index in [9.17, 15) is 9.90 Å². The summed E-state index contributed by atoms with van der Waals surface area (Å²) >= 11 is 0. The van der Waals surface area contributed by atoms with Crippen molar-refractivity contribution in [1.82, 2.24) is 25.4 Å². The largest absolute Gasteiger partial charge is 0.395 e. The Morgan fingerprint density at radius 1 is 1.14 bits per heavy atom. The SMILES string of the molecule is O=C(N[C@@H]1COCc2ccccc21)c1cccc(NCc2nnc(C3CCNCC3)n2CCO)c1. The molecule has 4 N–H and O–H groups in total. The summed E-state index contributed by atoms with van der Waals surface area (Å²) in [5.74, 6) is 1.93. The Labute approximate surface area is 204 Å². The smallest absolute Gasteiger partial charge is 0.251 e. The molecule has 2 aromatic carbocycles. The van der Waals surface area contributed by atoms with Crippen molar-refractivity contribution < 1.29 is 14.6 Å². The van der Waals surface area contributed by atoms with Gasteiger partial charge in [0.2, 0.25) is 0 Å². The third-order valence-electron chi connectivity index (χ3n) is 6.74. The molecular formula is C26H32N6O3. The first kappa shape index (κ1) is 23.5. The lowest BCUT2D eigenvalue weighted by Crippen LogP contribution is -2.34. The normalized spacial score (nSPS) is 18.1. The molecule has 1 aromatic heterocycles. The van der Waals surface area contributed by atoms with Crippen molar-refractivity contribution >= 4 is 11.6 Å². The molecule has 2 aliphatic heterocycles. The number of fused-ring (bicyclic) bond motifs is 1. The minimum absolute atomic E-state index is 0.0344. The van der Waals surface area contributed by atoms with Crippen LogP contribution in [0, 0.1) is 0 Å². The quantitative estimate of drug-likeness (QED) is 0.395. The highest BCUT2D eigenvalue weighted by molar-refractivity contribution is 5.95. The van der Waals surface area contributed by atoms with Gasteiger partial charge in [0, 0.05) is 23.7 Å². The molecule has 0 bridgehead atoms. The van der Waals surface area contributed by atoms with Crippen LogP contribution in [0.15, 0.2) is 48.5 Å². The van der Waals surface area contributed by atoms with Gasteiger partial charge in [-0.05, 0) is 55.3 Å². The summed E-state index contributed by atoms with van der Waals surface area (Å²) in [7, 11) is 0. The summed E-state index contributed by atoms with van der Waals surface area (Å²) in [4.78, 5) is 13.0. The molecule has 3 aromatic rings. The van der Waals surface area contributed by atoms with Crippen LogP contribution in [-0.2, 0) is 24.4 Å². The maximum atomic E-state index is 13.0. The maximum Gasteiger partial charge on any atom is 0.251 e. The maximum absolute atomic E-state index is 13.0. The number of ether oxygens (including phenoxy) is 1. The lowest BCUT2D eigenvalue weighted by molar-refractivity contribution is 0.0708. The Kier molecular flexibility index (Phi) is 7.37. The van der Waals surface area contributed by atoms with Crippen LogP contribution in [0.4, 0.5) is 5.69 Å². The van der Waals surface area contributed by atoms with Crippen molar-refractivity contribution in [1.29, 1.82) is 0 Å². The number of piperidine rings is 1. The topological polar surface area (TPSA) is 113 Å². The van der Waals surface area contributed by atoms with Crippen LogP contribution in [-0.4, -0.2) is 52.1 Å². The molecular weight excluding hydrogens is 444 g/mol. The zero-order valence-corrected chi connectivity index (χ0v) is 19.7. The Hall–Kier alpha value is -3.27. The molecule has 5 rings (SSSR count). The van der Waals surface area contributed by atoms with E-state index in [4.69, 9.17) is 4.74 Å². The van der Waals surface area contributed by atoms with E-state index in [0.717, 1.165) is 54.4 Å². The van der Waals surface area contributed by atoms with Crippen LogP contribution in [0.2, 0.25) is 0 Å². The number of amides is 1. The van der Waals surface area contributed by atoms with Crippen molar-refractivity contribution in [2.45, 2.75) is 44.5 Å². The molecule has 0 saturated carbocycles. The molecule has 0 radical (unpaired) electrons. The number of anilines is 1. The van der Waals surface area contributed by atoms with Crippen LogP contribution in [0.5, 0.6) is 0 Å². The predicted molar refractivity (Wildman–Crippen MR) is 132 cm³/mol. The van der Waals surface area contributed by atoms with E-state index in [2.05, 4.69) is 26.1 Å². The number of carbonyl (C=O) groups excluding carboxylic acids is 1. The second-order valence-electron chi connectivity index (χ2n) is 9.05. The number of rotatable bonds is 8. The molecule has 184 valence electrons. The summed E-state index contributed by atoms with van der Waals surface area (Å²) in [6.07, 6.45) is 2.04. The Balaban J connectivity index is 1.25. The predicted octanol–water partition coefficient (Wildman–Crippen LogP) is 2.35. The van der Waals surface area contributed by atoms with Gasteiger partial charge in [-0.15, -0.1) is 10.2 Å². The van der Waals surface area contributed by atoms with Gasteiger partial charge in [-0.2, -0.15) is 0 Å². The van der Waals surface area contributed by atoms with Crippen LogP contribution in [0.3, 0.4) is 0 Å². The third kappa shape index (κ3) is 5.37. The van der Waals surface area contributed by atoms with Gasteiger partial charge in [-0.25, -0.2) is 0 Å². The van der Waals surface area contributed by atoms with Crippen LogP contribution < -0.4 is 16.0 Å². The average Bonchev–Trinajstić information content (AvgIpc) is 3.31. The van der Waals surface area contributed by atoms with Gasteiger partial charge in [0.15, 0.2) is 5.82 Å². The minimum atomic E-state index is -0.172. The second kappa shape index (κ2) is 11.0. The highest BCUT2D eigenvalue weighted by Gasteiger charge is 2.24. The highest BCUT2D eigenvalue weighted by atomic mass is 16.5. The van der Waals surface area contributed by atoms with E-state index < -0.39 is 0 Å². The third-order valence-corrected chi connectivity index (χ3v) is 6.74. The monoisotopic (exact) mass is 476 g/mol. The molecule has 1 saturated heterocycles. The van der Waals surface area contributed by atoms with Crippen molar-refractivity contribution in [2.75, 3.05) is 31.6 Å². The van der Waals surface area contributed by atoms with Crippen molar-refractivity contribution in [3.63, 3.8) is 0 Å². The molecule has 2 aliphatic rings. The molecule has 1 atom stereocenters. The number of nitrogens with one attached hydrogen (secondary N) is 3. The highest BCUT2D eigenvalue weighted by Crippen LogP contribution is 2.26. The lowest BCUT2D eigenvalue weighted by Gasteiger charge is -2.26. The number of aliphatic hydroxyl groups is 1. The summed E-state index contributed by atoms with van der Waals surface area (Å²) in [5, 5.41) is 28.3. The van der Waals surface area contributed by atoms with Gasteiger partial charge >= 0.3 is 0 Å². The zero-order chi connectivity index (χ0) is 24.0. The number of nitrogens with zero attached hydrogens (tertiary/aromatic N) is 3. The van der Waals surface area contributed by atoms with Crippen molar-refractivity contribution in [3.8, 4) is 0 Å². The van der Waals surface area contributed by atoms with Gasteiger partial charge in [-0.1, -0.05) is 30.3 Å². The van der Waals surface area contributed by atoms with Gasteiger partial charge in [0.25, 0.3) is 5.91 Å². The van der Waals surface area contributed by atoms with E-state index in [1.165, 1.54) is 0 Å². The minimum Gasteiger partial charge on any atom is -0.395 e. The standard InChI is InChI=1S/C26H32N6O3/c33-13-12-32-24(30-31-25(32)18-8-10-27-11-9-18)15-28-21-6-3-5-19(14-21)26(34)29-23-17-35-16-20-4-1-2-7-22(20)23/h1-7,14,18,23,27-28,33H,8-13,15-17H2,(H,29,34)/t23-/m1/s1. The summed E-state index contributed by atoms with van der Waals surface area (Å²) in [6.45, 7) is 3.92. The number of aliphatic hydroxyl groups excluding tert-OH is 1. The number of benzene rings is 2. The molecule has 1 fully saturated rings. The number of hydrogen-bond donors (Lipinski definition) is 4. The van der Waals surface area contributed by atoms with Crippen LogP contribution >= 0.6 is 0 Å². The van der Waals surface area contributed by atoms with E-state index >= 15 is 0 Å². The van der Waals surface area contributed by atoms with E-state index in [1.54, 1.807) is 6.07 Å². The van der Waals surface area contributed by atoms with Gasteiger partial charge in [0.1, 0.15) is 5.82 Å². The number of carbonyl (C=O) groups is 1. The fourth-order valence-electron chi connectivity index (χ4n) is 4.90. The fraction of sp³-hybridized carbons (Fsp3) is 0.423. The summed E-state index contributed by atoms with van der Waals surface area (Å²) in [5.41, 5.74) is 3.61. The number of hydrogen-bond acceptors (Lipinski definition) is 7. The summed E-state index contributed by atoms with van der Waals surface area (Å²) in [6, 6.07) is 15.3.